The Bertz CT molecular complexity index is 1530. The lowest BCUT2D eigenvalue weighted by molar-refractivity contribution is -0.182. The Morgan fingerprint density at radius 2 is 1.55 bits per heavy atom. The fraction of sp³-hybridized carbons (Fsp3) is 0.320. The van der Waals surface area contributed by atoms with Crippen molar-refractivity contribution in [2.45, 2.75) is 30.5 Å². The third kappa shape index (κ3) is 5.53. The van der Waals surface area contributed by atoms with Gasteiger partial charge in [0.1, 0.15) is 40.9 Å². The van der Waals surface area contributed by atoms with Crippen LogP contribution in [0.3, 0.4) is 0 Å². The molecule has 3 heterocycles. The van der Waals surface area contributed by atoms with E-state index in [2.05, 4.69) is 15.0 Å². The summed E-state index contributed by atoms with van der Waals surface area (Å²) >= 11 is 0. The van der Waals surface area contributed by atoms with Gasteiger partial charge < -0.3 is 34.1 Å². The SMILES string of the molecule is COc1ccc(OP(=O)(OCC2(C(F)F)OC(n3cnc4c(N)ncnc43)C(O)C2F)Oc2ccc(OC)cc2)cc1. The van der Waals surface area contributed by atoms with Crippen molar-refractivity contribution in [2.75, 3.05) is 26.6 Å². The van der Waals surface area contributed by atoms with Gasteiger partial charge in [-0.3, -0.25) is 9.09 Å². The minimum atomic E-state index is -4.82. The zero-order valence-corrected chi connectivity index (χ0v) is 22.9. The number of nitrogens with zero attached hydrogens (tertiary/aromatic N) is 4. The topological polar surface area (TPSA) is 162 Å². The molecule has 4 aromatic rings. The molecular weight excluding hydrogens is 586 g/mol. The first-order valence-corrected chi connectivity index (χ1v) is 13.7. The van der Waals surface area contributed by atoms with Crippen molar-refractivity contribution < 1.29 is 50.6 Å². The van der Waals surface area contributed by atoms with Crippen LogP contribution in [-0.4, -0.2) is 69.8 Å². The molecule has 5 rings (SSSR count). The molecule has 0 saturated carbocycles. The van der Waals surface area contributed by atoms with Gasteiger partial charge in [0.2, 0.25) is 0 Å². The predicted octanol–water partition coefficient (Wildman–Crippen LogP) is 3.94. The quantitative estimate of drug-likeness (QED) is 0.235. The van der Waals surface area contributed by atoms with E-state index in [1.807, 2.05) is 0 Å². The Kier molecular flexibility index (Phi) is 8.14. The molecular formula is C25H25F3N5O8P. The smallest absolute Gasteiger partial charge is 0.497 e. The largest absolute Gasteiger partial charge is 0.587 e. The highest BCUT2D eigenvalue weighted by Crippen LogP contribution is 2.53. The number of nitrogen functional groups attached to an aromatic ring is 1. The van der Waals surface area contributed by atoms with E-state index < -0.39 is 45.0 Å². The number of nitrogens with two attached hydrogens (primary N) is 1. The highest BCUT2D eigenvalue weighted by Gasteiger charge is 2.63. The van der Waals surface area contributed by atoms with E-state index in [9.17, 15) is 18.5 Å². The van der Waals surface area contributed by atoms with Crippen molar-refractivity contribution in [1.29, 1.82) is 0 Å². The summed E-state index contributed by atoms with van der Waals surface area (Å²) in [5.74, 6) is 0.791. The van der Waals surface area contributed by atoms with Gasteiger partial charge in [0.25, 0.3) is 6.43 Å². The normalized spacial score (nSPS) is 22.4. The fourth-order valence-corrected chi connectivity index (χ4v) is 5.46. The average Bonchev–Trinajstić information content (AvgIpc) is 3.53. The van der Waals surface area contributed by atoms with Gasteiger partial charge in [-0.1, -0.05) is 0 Å². The van der Waals surface area contributed by atoms with Crippen LogP contribution in [0.4, 0.5) is 19.0 Å². The number of aliphatic hydroxyl groups is 1. The van der Waals surface area contributed by atoms with Gasteiger partial charge in [0.15, 0.2) is 29.5 Å². The zero-order valence-electron chi connectivity index (χ0n) is 22.0. The Morgan fingerprint density at radius 3 is 2.07 bits per heavy atom. The molecule has 1 fully saturated rings. The van der Waals surface area contributed by atoms with Crippen LogP contribution in [-0.2, 0) is 13.8 Å². The number of halogens is 3. The highest BCUT2D eigenvalue weighted by atomic mass is 31.2. The van der Waals surface area contributed by atoms with E-state index in [1.54, 1.807) is 0 Å². The molecule has 0 bridgehead atoms. The summed E-state index contributed by atoms with van der Waals surface area (Å²) in [4.78, 5) is 11.8. The number of anilines is 1. The molecule has 0 aliphatic carbocycles. The van der Waals surface area contributed by atoms with Crippen LogP contribution in [0.15, 0.2) is 61.2 Å². The molecule has 4 unspecified atom stereocenters. The van der Waals surface area contributed by atoms with Crippen LogP contribution in [0.2, 0.25) is 0 Å². The molecule has 2 aromatic heterocycles. The second-order valence-electron chi connectivity index (χ2n) is 8.99. The van der Waals surface area contributed by atoms with E-state index in [0.717, 1.165) is 17.2 Å². The monoisotopic (exact) mass is 611 g/mol. The van der Waals surface area contributed by atoms with Gasteiger partial charge in [-0.05, 0) is 48.5 Å². The number of hydrogen-bond acceptors (Lipinski definition) is 12. The molecule has 1 aliphatic rings. The van der Waals surface area contributed by atoms with Crippen LogP contribution >= 0.6 is 7.82 Å². The van der Waals surface area contributed by atoms with Crippen LogP contribution in [0, 0.1) is 0 Å². The molecule has 0 spiro atoms. The number of aromatic nitrogens is 4. The number of benzene rings is 2. The van der Waals surface area contributed by atoms with E-state index in [1.165, 1.54) is 62.8 Å². The van der Waals surface area contributed by atoms with Crippen molar-refractivity contribution in [1.82, 2.24) is 19.5 Å². The predicted molar refractivity (Wildman–Crippen MR) is 140 cm³/mol. The summed E-state index contributed by atoms with van der Waals surface area (Å²) in [7, 11) is -1.94. The maximum absolute atomic E-state index is 15.6. The first-order valence-electron chi connectivity index (χ1n) is 12.2. The molecule has 13 nitrogen and oxygen atoms in total. The standard InChI is InChI=1S/C25H25F3N5O8P/c1-36-14-3-7-16(8-4-14)40-42(35,41-17-9-5-15(37-2)6-10-17)38-11-25(24(27)28)20(26)19(34)23(39-25)33-13-32-18-21(29)30-12-31-22(18)33/h3-10,12-13,19-20,23-24,34H,11H2,1-2H3,(H2,29,30,31). The number of imidazole rings is 1. The number of hydrogen-bond donors (Lipinski definition) is 2. The third-order valence-electron chi connectivity index (χ3n) is 6.43. The zero-order chi connectivity index (χ0) is 30.1. The summed E-state index contributed by atoms with van der Waals surface area (Å²) in [6, 6.07) is 11.4. The van der Waals surface area contributed by atoms with Crippen LogP contribution in [0.5, 0.6) is 23.0 Å². The molecule has 3 N–H and O–H groups in total. The van der Waals surface area contributed by atoms with Crippen molar-refractivity contribution in [3.8, 4) is 23.0 Å². The Morgan fingerprint density at radius 1 is 1.00 bits per heavy atom. The number of fused-ring (bicyclic) bond motifs is 1. The molecule has 0 amide bonds. The lowest BCUT2D eigenvalue weighted by Gasteiger charge is -2.30. The molecule has 224 valence electrons. The number of methoxy groups -OCH3 is 2. The minimum Gasteiger partial charge on any atom is -0.497 e. The maximum atomic E-state index is 15.6. The van der Waals surface area contributed by atoms with Crippen molar-refractivity contribution in [3.05, 3.63) is 61.2 Å². The molecule has 42 heavy (non-hydrogen) atoms. The summed E-state index contributed by atoms with van der Waals surface area (Å²) in [5, 5.41) is 10.7. The maximum Gasteiger partial charge on any atom is 0.587 e. The van der Waals surface area contributed by atoms with Gasteiger partial charge in [0, 0.05) is 0 Å². The van der Waals surface area contributed by atoms with E-state index in [-0.39, 0.29) is 28.5 Å². The second kappa shape index (κ2) is 11.6. The second-order valence-corrected chi connectivity index (χ2v) is 10.5. The summed E-state index contributed by atoms with van der Waals surface area (Å²) < 4.78 is 91.5. The van der Waals surface area contributed by atoms with Crippen molar-refractivity contribution in [3.63, 3.8) is 0 Å². The van der Waals surface area contributed by atoms with Gasteiger partial charge in [-0.25, -0.2) is 32.7 Å². The molecule has 1 aliphatic heterocycles. The van der Waals surface area contributed by atoms with Gasteiger partial charge in [0.05, 0.1) is 27.2 Å². The first-order chi connectivity index (χ1) is 20.1. The minimum absolute atomic E-state index is 0.00100. The van der Waals surface area contributed by atoms with Gasteiger partial charge >= 0.3 is 7.82 Å². The molecule has 4 atom stereocenters. The highest BCUT2D eigenvalue weighted by molar-refractivity contribution is 7.49. The Labute approximate surface area is 236 Å². The van der Waals surface area contributed by atoms with Gasteiger partial charge in [-0.15, -0.1) is 0 Å². The average molecular weight is 611 g/mol. The Balaban J connectivity index is 1.44. The lowest BCUT2D eigenvalue weighted by atomic mass is 9.98. The number of rotatable bonds is 11. The summed E-state index contributed by atoms with van der Waals surface area (Å²) in [6.45, 7) is -1.35. The van der Waals surface area contributed by atoms with Crippen LogP contribution < -0.4 is 24.3 Å². The number of phosphoric ester groups is 1. The summed E-state index contributed by atoms with van der Waals surface area (Å²) in [6.07, 6.45) is -8.01. The number of alkyl halides is 3. The van der Waals surface area contributed by atoms with E-state index >= 15 is 4.39 Å². The molecule has 0 radical (unpaired) electrons. The van der Waals surface area contributed by atoms with Crippen molar-refractivity contribution in [2.24, 2.45) is 0 Å². The molecule has 17 heteroatoms. The Hall–Kier alpha value is -4.11. The van der Waals surface area contributed by atoms with E-state index in [4.69, 9.17) is 33.5 Å². The number of aliphatic hydroxyl groups excluding tert-OH is 1. The summed E-state index contributed by atoms with van der Waals surface area (Å²) in [5.41, 5.74) is 2.74. The molecule has 2 aromatic carbocycles. The number of phosphoric acid groups is 1. The third-order valence-corrected chi connectivity index (χ3v) is 7.75. The molecule has 1 saturated heterocycles. The first kappa shape index (κ1) is 29.4. The van der Waals surface area contributed by atoms with Crippen LogP contribution in [0.25, 0.3) is 11.2 Å². The van der Waals surface area contributed by atoms with Crippen LogP contribution in [0.1, 0.15) is 6.23 Å². The number of ether oxygens (including phenoxy) is 3. The fourth-order valence-electron chi connectivity index (χ4n) is 4.20. The van der Waals surface area contributed by atoms with Gasteiger partial charge in [-0.2, -0.15) is 0 Å². The lowest BCUT2D eigenvalue weighted by Crippen LogP contribution is -2.50. The van der Waals surface area contributed by atoms with Crippen molar-refractivity contribution >= 4 is 24.8 Å². The van der Waals surface area contributed by atoms with E-state index in [0.29, 0.717) is 11.5 Å².